The first-order chi connectivity index (χ1) is 9.72. The van der Waals surface area contributed by atoms with Gasteiger partial charge in [0.15, 0.2) is 0 Å². The van der Waals surface area contributed by atoms with Crippen molar-refractivity contribution in [2.45, 2.75) is 39.0 Å². The lowest BCUT2D eigenvalue weighted by Gasteiger charge is -2.24. The standard InChI is InChI=1S/C15H22ClN3O/c1-2-17-13-9-8-12(16)14(18-13)15(20)19-10-6-4-3-5-7-11-19/h8-9H,2-7,10-11H2,1H3,(H,17,18). The number of nitrogens with one attached hydrogen (secondary N) is 1. The van der Waals surface area contributed by atoms with Crippen LogP contribution in [0.1, 0.15) is 49.5 Å². The topological polar surface area (TPSA) is 45.2 Å². The Labute approximate surface area is 125 Å². The highest BCUT2D eigenvalue weighted by atomic mass is 35.5. The van der Waals surface area contributed by atoms with Crippen molar-refractivity contribution in [3.05, 3.63) is 22.8 Å². The molecule has 1 aliphatic heterocycles. The van der Waals surface area contributed by atoms with Crippen LogP contribution in [0, 0.1) is 0 Å². The first kappa shape index (κ1) is 15.1. The summed E-state index contributed by atoms with van der Waals surface area (Å²) in [6.45, 7) is 4.38. The predicted molar refractivity (Wildman–Crippen MR) is 82.4 cm³/mol. The Hall–Kier alpha value is -1.29. The second-order valence-electron chi connectivity index (χ2n) is 5.12. The molecule has 1 fully saturated rings. The maximum absolute atomic E-state index is 12.6. The highest BCUT2D eigenvalue weighted by Gasteiger charge is 2.20. The molecule has 0 radical (unpaired) electrons. The number of halogens is 1. The summed E-state index contributed by atoms with van der Waals surface area (Å²) in [4.78, 5) is 18.8. The maximum Gasteiger partial charge on any atom is 0.274 e. The van der Waals surface area contributed by atoms with Gasteiger partial charge in [-0.2, -0.15) is 0 Å². The molecule has 0 aromatic carbocycles. The van der Waals surface area contributed by atoms with Crippen LogP contribution in [0.3, 0.4) is 0 Å². The van der Waals surface area contributed by atoms with Gasteiger partial charge in [0.05, 0.1) is 5.02 Å². The van der Waals surface area contributed by atoms with Crippen LogP contribution in [0.4, 0.5) is 5.82 Å². The van der Waals surface area contributed by atoms with Gasteiger partial charge < -0.3 is 10.2 Å². The second kappa shape index (κ2) is 7.48. The molecule has 0 aliphatic carbocycles. The molecule has 1 aromatic heterocycles. The summed E-state index contributed by atoms with van der Waals surface area (Å²) < 4.78 is 0. The van der Waals surface area contributed by atoms with Crippen molar-refractivity contribution in [1.29, 1.82) is 0 Å². The van der Waals surface area contributed by atoms with Gasteiger partial charge in [0.25, 0.3) is 5.91 Å². The highest BCUT2D eigenvalue weighted by Crippen LogP contribution is 2.20. The van der Waals surface area contributed by atoms with Gasteiger partial charge in [-0.05, 0) is 31.9 Å². The molecule has 4 nitrogen and oxygen atoms in total. The van der Waals surface area contributed by atoms with E-state index in [9.17, 15) is 4.79 Å². The van der Waals surface area contributed by atoms with Crippen molar-refractivity contribution in [2.24, 2.45) is 0 Å². The van der Waals surface area contributed by atoms with E-state index < -0.39 is 0 Å². The number of amides is 1. The van der Waals surface area contributed by atoms with Gasteiger partial charge in [0.1, 0.15) is 11.5 Å². The monoisotopic (exact) mass is 295 g/mol. The van der Waals surface area contributed by atoms with Crippen LogP contribution in [0.25, 0.3) is 0 Å². The largest absolute Gasteiger partial charge is 0.370 e. The zero-order valence-corrected chi connectivity index (χ0v) is 12.7. The highest BCUT2D eigenvalue weighted by molar-refractivity contribution is 6.33. The summed E-state index contributed by atoms with van der Waals surface area (Å²) in [6.07, 6.45) is 5.80. The molecule has 1 aliphatic rings. The molecule has 1 amide bonds. The Kier molecular flexibility index (Phi) is 5.65. The van der Waals surface area contributed by atoms with Crippen molar-refractivity contribution >= 4 is 23.3 Å². The fourth-order valence-electron chi connectivity index (χ4n) is 2.47. The van der Waals surface area contributed by atoms with Crippen molar-refractivity contribution in [3.8, 4) is 0 Å². The van der Waals surface area contributed by atoms with Crippen LogP contribution in [0.2, 0.25) is 5.02 Å². The summed E-state index contributed by atoms with van der Waals surface area (Å²) in [5.41, 5.74) is 0.366. The van der Waals surface area contributed by atoms with Crippen LogP contribution in [0.15, 0.2) is 12.1 Å². The minimum atomic E-state index is -0.0448. The zero-order valence-electron chi connectivity index (χ0n) is 12.0. The van der Waals surface area contributed by atoms with E-state index in [1.54, 1.807) is 12.1 Å². The number of aromatic nitrogens is 1. The van der Waals surface area contributed by atoms with Gasteiger partial charge in [-0.1, -0.05) is 30.9 Å². The average Bonchev–Trinajstić information content (AvgIpc) is 2.40. The summed E-state index contributed by atoms with van der Waals surface area (Å²) >= 11 is 6.15. The number of likely N-dealkylation sites (tertiary alicyclic amines) is 1. The second-order valence-corrected chi connectivity index (χ2v) is 5.52. The van der Waals surface area contributed by atoms with Crippen LogP contribution in [-0.4, -0.2) is 35.4 Å². The van der Waals surface area contributed by atoms with Gasteiger partial charge in [-0.15, -0.1) is 0 Å². The van der Waals surface area contributed by atoms with E-state index in [4.69, 9.17) is 11.6 Å². The van der Waals surface area contributed by atoms with Crippen molar-refractivity contribution in [3.63, 3.8) is 0 Å². The number of hydrogen-bond acceptors (Lipinski definition) is 3. The number of rotatable bonds is 3. The molecule has 5 heteroatoms. The normalized spacial score (nSPS) is 16.4. The molecule has 1 N–H and O–H groups in total. The van der Waals surface area contributed by atoms with E-state index in [-0.39, 0.29) is 5.91 Å². The lowest BCUT2D eigenvalue weighted by atomic mass is 10.1. The Morgan fingerprint density at radius 1 is 1.25 bits per heavy atom. The van der Waals surface area contributed by atoms with Crippen molar-refractivity contribution < 1.29 is 4.79 Å². The zero-order chi connectivity index (χ0) is 14.4. The summed E-state index contributed by atoms with van der Waals surface area (Å²) in [5, 5.41) is 3.54. The number of pyridine rings is 1. The molecule has 1 aromatic rings. The van der Waals surface area contributed by atoms with Crippen LogP contribution >= 0.6 is 11.6 Å². The molecule has 20 heavy (non-hydrogen) atoms. The van der Waals surface area contributed by atoms with E-state index in [1.807, 2.05) is 11.8 Å². The number of hydrogen-bond donors (Lipinski definition) is 1. The van der Waals surface area contributed by atoms with Crippen molar-refractivity contribution in [1.82, 2.24) is 9.88 Å². The number of carbonyl (C=O) groups is 1. The summed E-state index contributed by atoms with van der Waals surface area (Å²) in [7, 11) is 0. The molecule has 0 saturated carbocycles. The summed E-state index contributed by atoms with van der Waals surface area (Å²) in [6, 6.07) is 3.54. The number of carbonyl (C=O) groups excluding carboxylic acids is 1. The van der Waals surface area contributed by atoms with E-state index in [0.717, 1.165) is 32.5 Å². The van der Waals surface area contributed by atoms with E-state index in [1.165, 1.54) is 19.3 Å². The quantitative estimate of drug-likeness (QED) is 0.927. The Balaban J connectivity index is 2.15. The minimum absolute atomic E-state index is 0.0448. The Morgan fingerprint density at radius 2 is 1.90 bits per heavy atom. The van der Waals surface area contributed by atoms with Crippen LogP contribution in [-0.2, 0) is 0 Å². The van der Waals surface area contributed by atoms with E-state index >= 15 is 0 Å². The smallest absolute Gasteiger partial charge is 0.274 e. The third-order valence-corrected chi connectivity index (χ3v) is 3.85. The predicted octanol–water partition coefficient (Wildman–Crippen LogP) is 3.57. The Morgan fingerprint density at radius 3 is 2.55 bits per heavy atom. The minimum Gasteiger partial charge on any atom is -0.370 e. The van der Waals surface area contributed by atoms with E-state index in [0.29, 0.717) is 16.5 Å². The molecule has 0 unspecified atom stereocenters. The first-order valence-corrected chi connectivity index (χ1v) is 7.80. The lowest BCUT2D eigenvalue weighted by molar-refractivity contribution is 0.0737. The molecule has 2 heterocycles. The fourth-order valence-corrected chi connectivity index (χ4v) is 2.66. The van der Waals surface area contributed by atoms with Crippen LogP contribution in [0.5, 0.6) is 0 Å². The van der Waals surface area contributed by atoms with Crippen molar-refractivity contribution in [2.75, 3.05) is 25.0 Å². The Bertz CT molecular complexity index is 456. The van der Waals surface area contributed by atoms with Gasteiger partial charge in [-0.3, -0.25) is 4.79 Å². The first-order valence-electron chi connectivity index (χ1n) is 7.42. The third-order valence-electron chi connectivity index (χ3n) is 3.55. The van der Waals surface area contributed by atoms with E-state index in [2.05, 4.69) is 10.3 Å². The molecular weight excluding hydrogens is 274 g/mol. The summed E-state index contributed by atoms with van der Waals surface area (Å²) in [5.74, 6) is 0.656. The molecule has 0 spiro atoms. The molecule has 110 valence electrons. The molecule has 2 rings (SSSR count). The molecule has 1 saturated heterocycles. The van der Waals surface area contributed by atoms with Gasteiger partial charge in [0.2, 0.25) is 0 Å². The molecular formula is C15H22ClN3O. The number of nitrogens with zero attached hydrogens (tertiary/aromatic N) is 2. The van der Waals surface area contributed by atoms with Crippen LogP contribution < -0.4 is 5.32 Å². The maximum atomic E-state index is 12.6. The van der Waals surface area contributed by atoms with Gasteiger partial charge in [0, 0.05) is 19.6 Å². The van der Waals surface area contributed by atoms with Gasteiger partial charge >= 0.3 is 0 Å². The average molecular weight is 296 g/mol. The third kappa shape index (κ3) is 3.85. The fraction of sp³-hybridized carbons (Fsp3) is 0.600. The lowest BCUT2D eigenvalue weighted by Crippen LogP contribution is -2.34. The molecule has 0 atom stereocenters. The number of anilines is 1. The SMILES string of the molecule is CCNc1ccc(Cl)c(C(=O)N2CCCCCCC2)n1. The molecule has 0 bridgehead atoms. The van der Waals surface area contributed by atoms with Gasteiger partial charge in [-0.25, -0.2) is 4.98 Å².